The topological polar surface area (TPSA) is 94.4 Å². The van der Waals surface area contributed by atoms with Gasteiger partial charge in [0.15, 0.2) is 0 Å². The van der Waals surface area contributed by atoms with Crippen molar-refractivity contribution in [3.05, 3.63) is 33.1 Å². The summed E-state index contributed by atoms with van der Waals surface area (Å²) in [6, 6.07) is 1.30. The van der Waals surface area contributed by atoms with Crippen LogP contribution in [-0.4, -0.2) is 36.1 Å². The molecule has 114 valence electrons. The van der Waals surface area contributed by atoms with E-state index in [0.29, 0.717) is 13.2 Å². The van der Waals surface area contributed by atoms with Crippen molar-refractivity contribution in [2.24, 2.45) is 5.41 Å². The molecule has 0 unspecified atom stereocenters. The molecule has 1 saturated carbocycles. The van der Waals surface area contributed by atoms with Crippen LogP contribution in [0.3, 0.4) is 0 Å². The number of nitrogens with one attached hydrogen (secondary N) is 1. The number of methoxy groups -OCH3 is 1. The second kappa shape index (κ2) is 6.36. The lowest BCUT2D eigenvalue weighted by Crippen LogP contribution is -2.31. The van der Waals surface area contributed by atoms with Crippen molar-refractivity contribution in [1.82, 2.24) is 10.3 Å². The number of rotatable bonds is 7. The zero-order valence-corrected chi connectivity index (χ0v) is 12.4. The van der Waals surface area contributed by atoms with E-state index in [0.717, 1.165) is 19.3 Å². The number of hydrogen-bond donors (Lipinski definition) is 1. The number of halogens is 1. The Bertz CT molecular complexity index is 560. The highest BCUT2D eigenvalue weighted by atomic mass is 35.5. The molecule has 2 rings (SSSR count). The molecule has 0 radical (unpaired) electrons. The normalized spacial score (nSPS) is 15.5. The third-order valence-electron chi connectivity index (χ3n) is 3.72. The Hall–Kier alpha value is -1.73. The Kier molecular flexibility index (Phi) is 4.74. The number of aromatic nitrogens is 1. The Morgan fingerprint density at radius 1 is 1.62 bits per heavy atom. The SMILES string of the molecule is COCCC1(CNC(=O)c2ccnc(Cl)c2[N+](=O)[O-])CC1. The zero-order chi connectivity index (χ0) is 15.5. The van der Waals surface area contributed by atoms with Crippen molar-refractivity contribution in [3.63, 3.8) is 0 Å². The van der Waals surface area contributed by atoms with Gasteiger partial charge < -0.3 is 10.1 Å². The van der Waals surface area contributed by atoms with Gasteiger partial charge in [0.05, 0.1) is 4.92 Å². The van der Waals surface area contributed by atoms with Crippen LogP contribution >= 0.6 is 11.6 Å². The third-order valence-corrected chi connectivity index (χ3v) is 4.00. The minimum atomic E-state index is -0.692. The third kappa shape index (κ3) is 3.68. The second-order valence-corrected chi connectivity index (χ2v) is 5.54. The van der Waals surface area contributed by atoms with Crippen LogP contribution in [0.4, 0.5) is 5.69 Å². The van der Waals surface area contributed by atoms with Gasteiger partial charge in [0.25, 0.3) is 5.91 Å². The lowest BCUT2D eigenvalue weighted by molar-refractivity contribution is -0.385. The molecule has 1 N–H and O–H groups in total. The molecule has 1 fully saturated rings. The molecular formula is C13H16ClN3O4. The summed E-state index contributed by atoms with van der Waals surface area (Å²) in [6.45, 7) is 1.11. The average Bonchev–Trinajstić information content (AvgIpc) is 3.22. The largest absolute Gasteiger partial charge is 0.385 e. The van der Waals surface area contributed by atoms with Gasteiger partial charge >= 0.3 is 5.69 Å². The number of carbonyl (C=O) groups excluding carboxylic acids is 1. The predicted octanol–water partition coefficient (Wildman–Crippen LogP) is 2.19. The lowest BCUT2D eigenvalue weighted by atomic mass is 10.0. The maximum absolute atomic E-state index is 12.1. The van der Waals surface area contributed by atoms with Crippen LogP contribution < -0.4 is 5.32 Å². The fourth-order valence-corrected chi connectivity index (χ4v) is 2.39. The highest BCUT2D eigenvalue weighted by Crippen LogP contribution is 2.48. The van der Waals surface area contributed by atoms with E-state index in [1.54, 1.807) is 7.11 Å². The molecule has 8 heteroatoms. The van der Waals surface area contributed by atoms with Gasteiger partial charge in [0.2, 0.25) is 5.15 Å². The fourth-order valence-electron chi connectivity index (χ4n) is 2.16. The first kappa shape index (κ1) is 15.7. The van der Waals surface area contributed by atoms with Crippen molar-refractivity contribution in [2.45, 2.75) is 19.3 Å². The molecule has 1 aromatic rings. The van der Waals surface area contributed by atoms with Crippen LogP contribution in [0.1, 0.15) is 29.6 Å². The highest BCUT2D eigenvalue weighted by molar-refractivity contribution is 6.32. The Morgan fingerprint density at radius 3 is 2.90 bits per heavy atom. The summed E-state index contributed by atoms with van der Waals surface area (Å²) in [5.74, 6) is -0.505. The van der Waals surface area contributed by atoms with E-state index >= 15 is 0 Å². The van der Waals surface area contributed by atoms with E-state index in [1.165, 1.54) is 12.3 Å². The Labute approximate surface area is 126 Å². The molecule has 1 aromatic heterocycles. The highest BCUT2D eigenvalue weighted by Gasteiger charge is 2.42. The van der Waals surface area contributed by atoms with Gasteiger partial charge in [0.1, 0.15) is 5.56 Å². The molecule has 1 heterocycles. The summed E-state index contributed by atoms with van der Waals surface area (Å²) in [5.41, 5.74) is -0.460. The van der Waals surface area contributed by atoms with Crippen molar-refractivity contribution < 1.29 is 14.5 Å². The number of pyridine rings is 1. The summed E-state index contributed by atoms with van der Waals surface area (Å²) in [7, 11) is 1.64. The van der Waals surface area contributed by atoms with Gasteiger partial charge in [-0.1, -0.05) is 11.6 Å². The van der Waals surface area contributed by atoms with Crippen LogP contribution in [0.15, 0.2) is 12.3 Å². The van der Waals surface area contributed by atoms with E-state index in [-0.39, 0.29) is 16.1 Å². The van der Waals surface area contributed by atoms with Gasteiger partial charge in [-0.3, -0.25) is 14.9 Å². The van der Waals surface area contributed by atoms with Gasteiger partial charge in [-0.15, -0.1) is 0 Å². The molecular weight excluding hydrogens is 298 g/mol. The van der Waals surface area contributed by atoms with Crippen LogP contribution in [0, 0.1) is 15.5 Å². The van der Waals surface area contributed by atoms with Crippen LogP contribution in [-0.2, 0) is 4.74 Å². The van der Waals surface area contributed by atoms with Gasteiger partial charge in [-0.2, -0.15) is 0 Å². The molecule has 0 aromatic carbocycles. The molecule has 7 nitrogen and oxygen atoms in total. The zero-order valence-electron chi connectivity index (χ0n) is 11.6. The van der Waals surface area contributed by atoms with Gasteiger partial charge in [-0.05, 0) is 30.7 Å². The monoisotopic (exact) mass is 313 g/mol. The summed E-state index contributed by atoms with van der Waals surface area (Å²) in [5, 5.41) is 13.5. The summed E-state index contributed by atoms with van der Waals surface area (Å²) in [6.07, 6.45) is 4.19. The average molecular weight is 314 g/mol. The smallest absolute Gasteiger partial charge is 0.319 e. The minimum Gasteiger partial charge on any atom is -0.385 e. The molecule has 1 aliphatic rings. The quantitative estimate of drug-likeness (QED) is 0.473. The van der Waals surface area contributed by atoms with Crippen molar-refractivity contribution >= 4 is 23.2 Å². The number of hydrogen-bond acceptors (Lipinski definition) is 5. The van der Waals surface area contributed by atoms with Gasteiger partial charge in [0, 0.05) is 26.5 Å². The summed E-state index contributed by atoms with van der Waals surface area (Å²) in [4.78, 5) is 26.1. The van der Waals surface area contributed by atoms with E-state index < -0.39 is 16.5 Å². The molecule has 0 spiro atoms. The maximum Gasteiger partial charge on any atom is 0.319 e. The Balaban J connectivity index is 2.05. The molecule has 0 saturated heterocycles. The molecule has 0 aliphatic heterocycles. The first-order valence-electron chi connectivity index (χ1n) is 6.55. The number of carbonyl (C=O) groups is 1. The van der Waals surface area contributed by atoms with Crippen LogP contribution in [0.2, 0.25) is 5.15 Å². The molecule has 0 atom stereocenters. The van der Waals surface area contributed by atoms with Crippen molar-refractivity contribution in [3.8, 4) is 0 Å². The second-order valence-electron chi connectivity index (χ2n) is 5.18. The number of amides is 1. The van der Waals surface area contributed by atoms with Crippen molar-refractivity contribution in [2.75, 3.05) is 20.3 Å². The summed E-state index contributed by atoms with van der Waals surface area (Å²) >= 11 is 5.69. The molecule has 0 bridgehead atoms. The Morgan fingerprint density at radius 2 is 2.33 bits per heavy atom. The van der Waals surface area contributed by atoms with Crippen molar-refractivity contribution in [1.29, 1.82) is 0 Å². The van der Waals surface area contributed by atoms with E-state index in [2.05, 4.69) is 10.3 Å². The molecule has 1 aliphatic carbocycles. The fraction of sp³-hybridized carbons (Fsp3) is 0.538. The van der Waals surface area contributed by atoms with E-state index in [9.17, 15) is 14.9 Å². The van der Waals surface area contributed by atoms with E-state index in [4.69, 9.17) is 16.3 Å². The number of nitro groups is 1. The van der Waals surface area contributed by atoms with E-state index in [1.807, 2.05) is 0 Å². The van der Waals surface area contributed by atoms with Gasteiger partial charge in [-0.25, -0.2) is 4.98 Å². The van der Waals surface area contributed by atoms with Crippen LogP contribution in [0.5, 0.6) is 0 Å². The number of nitrogens with zero attached hydrogens (tertiary/aromatic N) is 2. The number of ether oxygens (including phenoxy) is 1. The van der Waals surface area contributed by atoms with Crippen LogP contribution in [0.25, 0.3) is 0 Å². The first-order valence-corrected chi connectivity index (χ1v) is 6.93. The first-order chi connectivity index (χ1) is 9.99. The molecule has 1 amide bonds. The minimum absolute atomic E-state index is 0.0667. The summed E-state index contributed by atoms with van der Waals surface area (Å²) < 4.78 is 5.05. The maximum atomic E-state index is 12.1. The standard InChI is InChI=1S/C13H16ClN3O4/c1-21-7-5-13(3-4-13)8-16-12(18)9-2-6-15-11(14)10(9)17(19)20/h2,6H,3-5,7-8H2,1H3,(H,16,18). The molecule has 21 heavy (non-hydrogen) atoms. The predicted molar refractivity (Wildman–Crippen MR) is 76.4 cm³/mol. The lowest BCUT2D eigenvalue weighted by Gasteiger charge is -2.15.